The van der Waals surface area contributed by atoms with Crippen LogP contribution >= 0.6 is 0 Å². The van der Waals surface area contributed by atoms with Crippen molar-refractivity contribution in [2.75, 3.05) is 18.1 Å². The predicted molar refractivity (Wildman–Crippen MR) is 69.9 cm³/mol. The van der Waals surface area contributed by atoms with E-state index in [1.165, 1.54) is 0 Å². The van der Waals surface area contributed by atoms with E-state index in [1.807, 2.05) is 44.2 Å². The van der Waals surface area contributed by atoms with E-state index >= 15 is 0 Å². The van der Waals surface area contributed by atoms with Crippen molar-refractivity contribution >= 4 is 11.6 Å². The molecule has 1 unspecified atom stereocenters. The van der Waals surface area contributed by atoms with Gasteiger partial charge >= 0.3 is 0 Å². The van der Waals surface area contributed by atoms with Gasteiger partial charge < -0.3 is 14.4 Å². The zero-order valence-electron chi connectivity index (χ0n) is 11.0. The lowest BCUT2D eigenvalue weighted by Crippen LogP contribution is -2.46. The van der Waals surface area contributed by atoms with Gasteiger partial charge in [-0.15, -0.1) is 0 Å². The van der Waals surface area contributed by atoms with Crippen molar-refractivity contribution in [3.8, 4) is 11.8 Å². The first-order valence-electron chi connectivity index (χ1n) is 6.18. The van der Waals surface area contributed by atoms with Gasteiger partial charge in [-0.1, -0.05) is 0 Å². The van der Waals surface area contributed by atoms with Crippen LogP contribution in [0.5, 0.6) is 5.75 Å². The summed E-state index contributed by atoms with van der Waals surface area (Å²) >= 11 is 0. The van der Waals surface area contributed by atoms with Crippen LogP contribution in [0.2, 0.25) is 0 Å². The minimum atomic E-state index is -0.565. The van der Waals surface area contributed by atoms with Gasteiger partial charge in [0.1, 0.15) is 12.4 Å². The van der Waals surface area contributed by atoms with E-state index in [0.29, 0.717) is 0 Å². The third-order valence-electron chi connectivity index (χ3n) is 2.72. The molecule has 0 spiro atoms. The Kier molecular flexibility index (Phi) is 4.03. The van der Waals surface area contributed by atoms with E-state index in [9.17, 15) is 4.79 Å². The summed E-state index contributed by atoms with van der Waals surface area (Å²) in [4.78, 5) is 13.3. The summed E-state index contributed by atoms with van der Waals surface area (Å²) in [7, 11) is 0. The van der Waals surface area contributed by atoms with Crippen molar-refractivity contribution in [1.82, 2.24) is 0 Å². The molecule has 1 aliphatic rings. The Labute approximate surface area is 112 Å². The molecule has 1 amide bonds. The smallest absolute Gasteiger partial charge is 0.253 e. The SMILES string of the molecule is CC(C)Oc1ccc(N2CC(C#N)OCC2=O)cc1. The van der Waals surface area contributed by atoms with Gasteiger partial charge in [-0.25, -0.2) is 0 Å². The van der Waals surface area contributed by atoms with Crippen LogP contribution in [0.25, 0.3) is 0 Å². The van der Waals surface area contributed by atoms with E-state index in [1.54, 1.807) is 4.90 Å². The van der Waals surface area contributed by atoms with Gasteiger partial charge in [0, 0.05) is 5.69 Å². The molecule has 2 rings (SSSR count). The summed E-state index contributed by atoms with van der Waals surface area (Å²) in [5.74, 6) is 0.625. The lowest BCUT2D eigenvalue weighted by atomic mass is 10.2. The van der Waals surface area contributed by atoms with Crippen molar-refractivity contribution in [3.05, 3.63) is 24.3 Å². The molecule has 1 atom stereocenters. The molecular weight excluding hydrogens is 244 g/mol. The molecule has 0 saturated carbocycles. The zero-order chi connectivity index (χ0) is 13.8. The summed E-state index contributed by atoms with van der Waals surface area (Å²) in [6.45, 7) is 4.12. The van der Waals surface area contributed by atoms with E-state index < -0.39 is 6.10 Å². The third kappa shape index (κ3) is 3.24. The van der Waals surface area contributed by atoms with Crippen LogP contribution < -0.4 is 9.64 Å². The number of morpholine rings is 1. The Hall–Kier alpha value is -2.06. The molecule has 0 aromatic heterocycles. The maximum Gasteiger partial charge on any atom is 0.253 e. The molecule has 1 aliphatic heterocycles. The number of nitriles is 1. The monoisotopic (exact) mass is 260 g/mol. The number of hydrogen-bond donors (Lipinski definition) is 0. The van der Waals surface area contributed by atoms with Crippen LogP contribution in [0.15, 0.2) is 24.3 Å². The van der Waals surface area contributed by atoms with Gasteiger partial charge in [-0.3, -0.25) is 4.79 Å². The topological polar surface area (TPSA) is 62.6 Å². The number of benzene rings is 1. The molecular formula is C14H16N2O3. The number of carbonyl (C=O) groups excluding carboxylic acids is 1. The van der Waals surface area contributed by atoms with Gasteiger partial charge in [0.05, 0.1) is 18.7 Å². The second-order valence-electron chi connectivity index (χ2n) is 4.59. The first kappa shape index (κ1) is 13.4. The average Bonchev–Trinajstić information content (AvgIpc) is 2.40. The van der Waals surface area contributed by atoms with Crippen LogP contribution in [0.4, 0.5) is 5.69 Å². The number of carbonyl (C=O) groups is 1. The first-order valence-corrected chi connectivity index (χ1v) is 6.18. The van der Waals surface area contributed by atoms with Crippen LogP contribution in [0, 0.1) is 11.3 Å². The van der Waals surface area contributed by atoms with Crippen LogP contribution in [-0.2, 0) is 9.53 Å². The lowest BCUT2D eigenvalue weighted by molar-refractivity contribution is -0.127. The highest BCUT2D eigenvalue weighted by Crippen LogP contribution is 2.22. The normalized spacial score (nSPS) is 19.4. The molecule has 100 valence electrons. The third-order valence-corrected chi connectivity index (χ3v) is 2.72. The summed E-state index contributed by atoms with van der Waals surface area (Å²) < 4.78 is 10.6. The summed E-state index contributed by atoms with van der Waals surface area (Å²) in [5.41, 5.74) is 0.754. The largest absolute Gasteiger partial charge is 0.491 e. The fraction of sp³-hybridized carbons (Fsp3) is 0.429. The van der Waals surface area contributed by atoms with E-state index in [0.717, 1.165) is 11.4 Å². The van der Waals surface area contributed by atoms with Gasteiger partial charge in [0.25, 0.3) is 5.91 Å². The number of anilines is 1. The van der Waals surface area contributed by atoms with E-state index in [-0.39, 0.29) is 25.2 Å². The summed E-state index contributed by atoms with van der Waals surface area (Å²) in [5, 5.41) is 8.85. The van der Waals surface area contributed by atoms with Gasteiger partial charge in [0.15, 0.2) is 6.10 Å². The Morgan fingerprint density at radius 2 is 2.11 bits per heavy atom. The van der Waals surface area contributed by atoms with Crippen LogP contribution in [-0.4, -0.2) is 31.3 Å². The molecule has 5 heteroatoms. The fourth-order valence-electron chi connectivity index (χ4n) is 1.87. The van der Waals surface area contributed by atoms with Gasteiger partial charge in [-0.05, 0) is 38.1 Å². The number of ether oxygens (including phenoxy) is 2. The highest BCUT2D eigenvalue weighted by molar-refractivity contribution is 5.95. The number of nitrogens with zero attached hydrogens (tertiary/aromatic N) is 2. The maximum absolute atomic E-state index is 11.8. The van der Waals surface area contributed by atoms with Gasteiger partial charge in [-0.2, -0.15) is 5.26 Å². The van der Waals surface area contributed by atoms with Gasteiger partial charge in [0.2, 0.25) is 0 Å². The fourth-order valence-corrected chi connectivity index (χ4v) is 1.87. The van der Waals surface area contributed by atoms with E-state index in [4.69, 9.17) is 14.7 Å². The Bertz CT molecular complexity index is 490. The van der Waals surface area contributed by atoms with Crippen molar-refractivity contribution in [1.29, 1.82) is 5.26 Å². The molecule has 0 N–H and O–H groups in total. The number of rotatable bonds is 3. The Morgan fingerprint density at radius 3 is 2.68 bits per heavy atom. The molecule has 0 radical (unpaired) electrons. The maximum atomic E-state index is 11.8. The molecule has 1 saturated heterocycles. The molecule has 1 heterocycles. The number of hydrogen-bond acceptors (Lipinski definition) is 4. The first-order chi connectivity index (χ1) is 9.10. The minimum absolute atomic E-state index is 0.0531. The molecule has 5 nitrogen and oxygen atoms in total. The minimum Gasteiger partial charge on any atom is -0.491 e. The summed E-state index contributed by atoms with van der Waals surface area (Å²) in [6, 6.07) is 9.29. The van der Waals surface area contributed by atoms with Crippen LogP contribution in [0.3, 0.4) is 0 Å². The summed E-state index contributed by atoms with van der Waals surface area (Å²) in [6.07, 6.45) is -0.455. The van der Waals surface area contributed by atoms with Crippen molar-refractivity contribution in [2.24, 2.45) is 0 Å². The Balaban J connectivity index is 2.12. The predicted octanol–water partition coefficient (Wildman–Crippen LogP) is 1.73. The average molecular weight is 260 g/mol. The van der Waals surface area contributed by atoms with Crippen LogP contribution in [0.1, 0.15) is 13.8 Å². The second-order valence-corrected chi connectivity index (χ2v) is 4.59. The molecule has 0 aliphatic carbocycles. The number of amides is 1. The van der Waals surface area contributed by atoms with Crippen molar-refractivity contribution in [3.63, 3.8) is 0 Å². The van der Waals surface area contributed by atoms with Crippen molar-refractivity contribution in [2.45, 2.75) is 26.1 Å². The molecule has 1 fully saturated rings. The van der Waals surface area contributed by atoms with E-state index in [2.05, 4.69) is 0 Å². The standard InChI is InChI=1S/C14H16N2O3/c1-10(2)19-12-5-3-11(4-6-12)16-8-13(7-15)18-9-14(16)17/h3-6,10,13H,8-9H2,1-2H3. The molecule has 19 heavy (non-hydrogen) atoms. The molecule has 1 aromatic carbocycles. The molecule has 1 aromatic rings. The highest BCUT2D eigenvalue weighted by Gasteiger charge is 2.27. The quantitative estimate of drug-likeness (QED) is 0.830. The molecule has 0 bridgehead atoms. The van der Waals surface area contributed by atoms with Crippen molar-refractivity contribution < 1.29 is 14.3 Å². The second kappa shape index (κ2) is 5.72. The zero-order valence-corrected chi connectivity index (χ0v) is 11.0. The lowest BCUT2D eigenvalue weighted by Gasteiger charge is -2.29. The highest BCUT2D eigenvalue weighted by atomic mass is 16.5. The Morgan fingerprint density at radius 1 is 1.42 bits per heavy atom.